The highest BCUT2D eigenvalue weighted by Crippen LogP contribution is 1.99. The number of carbonyl (C=O) groups is 1. The van der Waals surface area contributed by atoms with E-state index in [0.717, 1.165) is 5.56 Å². The highest BCUT2D eigenvalue weighted by molar-refractivity contribution is 5.77. The van der Waals surface area contributed by atoms with Crippen LogP contribution in [0.2, 0.25) is 0 Å². The van der Waals surface area contributed by atoms with Gasteiger partial charge in [0.25, 0.3) is 0 Å². The minimum Gasteiger partial charge on any atom is -0.392 e. The maximum atomic E-state index is 11.5. The zero-order chi connectivity index (χ0) is 12.7. The Morgan fingerprint density at radius 2 is 2.41 bits per heavy atom. The first-order chi connectivity index (χ1) is 8.08. The average Bonchev–Trinajstić information content (AvgIpc) is 2.27. The summed E-state index contributed by atoms with van der Waals surface area (Å²) < 4.78 is 0. The summed E-state index contributed by atoms with van der Waals surface area (Å²) in [6, 6.07) is 3.84. The van der Waals surface area contributed by atoms with Crippen molar-refractivity contribution >= 4 is 5.91 Å². The highest BCUT2D eigenvalue weighted by Gasteiger charge is 2.07. The van der Waals surface area contributed by atoms with Crippen LogP contribution in [0.3, 0.4) is 0 Å². The zero-order valence-electron chi connectivity index (χ0n) is 10.3. The maximum absolute atomic E-state index is 11.5. The molecule has 5 nitrogen and oxygen atoms in total. The normalized spacial score (nSPS) is 12.5. The van der Waals surface area contributed by atoms with Crippen LogP contribution >= 0.6 is 0 Å². The van der Waals surface area contributed by atoms with Gasteiger partial charge in [-0.3, -0.25) is 14.7 Å². The Labute approximate surface area is 101 Å². The smallest absolute Gasteiger partial charge is 0.234 e. The number of aliphatic hydroxyl groups is 1. The van der Waals surface area contributed by atoms with Crippen molar-refractivity contribution in [1.82, 2.24) is 15.2 Å². The molecule has 0 aliphatic rings. The first-order valence-corrected chi connectivity index (χ1v) is 5.60. The maximum Gasteiger partial charge on any atom is 0.234 e. The largest absolute Gasteiger partial charge is 0.392 e. The SMILES string of the molecule is C[C@H](O)CNC(=O)CN(C)Cc1cccnc1. The molecule has 1 amide bonds. The van der Waals surface area contributed by atoms with Crippen molar-refractivity contribution < 1.29 is 9.90 Å². The molecule has 5 heteroatoms. The summed E-state index contributed by atoms with van der Waals surface area (Å²) in [5.74, 6) is -0.0858. The van der Waals surface area contributed by atoms with Crippen LogP contribution < -0.4 is 5.32 Å². The summed E-state index contributed by atoms with van der Waals surface area (Å²) in [6.45, 7) is 2.91. The van der Waals surface area contributed by atoms with Crippen molar-refractivity contribution in [3.8, 4) is 0 Å². The van der Waals surface area contributed by atoms with E-state index >= 15 is 0 Å². The van der Waals surface area contributed by atoms with Gasteiger partial charge in [-0.1, -0.05) is 6.07 Å². The molecule has 1 rings (SSSR count). The second-order valence-electron chi connectivity index (χ2n) is 4.19. The van der Waals surface area contributed by atoms with Crippen LogP contribution in [0.15, 0.2) is 24.5 Å². The lowest BCUT2D eigenvalue weighted by Gasteiger charge is -2.16. The fraction of sp³-hybridized carbons (Fsp3) is 0.500. The molecule has 1 aromatic heterocycles. The number of nitrogens with one attached hydrogen (secondary N) is 1. The number of aromatic nitrogens is 1. The van der Waals surface area contributed by atoms with Crippen LogP contribution in [0.25, 0.3) is 0 Å². The van der Waals surface area contributed by atoms with Crippen molar-refractivity contribution in [2.45, 2.75) is 19.6 Å². The Hall–Kier alpha value is -1.46. The van der Waals surface area contributed by atoms with Gasteiger partial charge in [-0.15, -0.1) is 0 Å². The van der Waals surface area contributed by atoms with Gasteiger partial charge in [0.2, 0.25) is 5.91 Å². The molecule has 1 atom stereocenters. The molecule has 1 heterocycles. The van der Waals surface area contributed by atoms with E-state index in [0.29, 0.717) is 19.6 Å². The van der Waals surface area contributed by atoms with Crippen LogP contribution in [0, 0.1) is 0 Å². The highest BCUT2D eigenvalue weighted by atomic mass is 16.3. The Morgan fingerprint density at radius 1 is 1.65 bits per heavy atom. The van der Waals surface area contributed by atoms with E-state index in [4.69, 9.17) is 5.11 Å². The van der Waals surface area contributed by atoms with Crippen LogP contribution in [0.4, 0.5) is 0 Å². The first-order valence-electron chi connectivity index (χ1n) is 5.60. The average molecular weight is 237 g/mol. The molecule has 0 bridgehead atoms. The fourth-order valence-electron chi connectivity index (χ4n) is 1.42. The number of aliphatic hydroxyl groups excluding tert-OH is 1. The molecule has 0 aromatic carbocycles. The molecule has 0 saturated heterocycles. The van der Waals surface area contributed by atoms with E-state index in [1.165, 1.54) is 0 Å². The number of pyridine rings is 1. The van der Waals surface area contributed by atoms with Gasteiger partial charge < -0.3 is 10.4 Å². The van der Waals surface area contributed by atoms with Gasteiger partial charge in [-0.25, -0.2) is 0 Å². The molecule has 0 saturated carbocycles. The monoisotopic (exact) mass is 237 g/mol. The molecule has 2 N–H and O–H groups in total. The van der Waals surface area contributed by atoms with E-state index in [-0.39, 0.29) is 5.91 Å². The Balaban J connectivity index is 2.29. The molecule has 94 valence electrons. The minimum absolute atomic E-state index is 0.0858. The molecule has 1 aromatic rings. The van der Waals surface area contributed by atoms with Crippen LogP contribution in [0.5, 0.6) is 0 Å². The Kier molecular flexibility index (Phi) is 5.59. The van der Waals surface area contributed by atoms with Crippen molar-refractivity contribution in [3.63, 3.8) is 0 Å². The van der Waals surface area contributed by atoms with E-state index in [1.807, 2.05) is 24.1 Å². The molecule has 0 unspecified atom stereocenters. The molecule has 17 heavy (non-hydrogen) atoms. The zero-order valence-corrected chi connectivity index (χ0v) is 10.3. The fourth-order valence-corrected chi connectivity index (χ4v) is 1.42. The summed E-state index contributed by atoms with van der Waals surface area (Å²) in [5.41, 5.74) is 1.07. The third-order valence-corrected chi connectivity index (χ3v) is 2.18. The number of amides is 1. The molecule has 0 spiro atoms. The second kappa shape index (κ2) is 6.98. The number of likely N-dealkylation sites (N-methyl/N-ethyl adjacent to an activating group) is 1. The summed E-state index contributed by atoms with van der Waals surface area (Å²) in [7, 11) is 1.87. The molecule has 0 aliphatic carbocycles. The summed E-state index contributed by atoms with van der Waals surface area (Å²) in [6.07, 6.45) is 2.99. The minimum atomic E-state index is -0.512. The van der Waals surface area contributed by atoms with Crippen molar-refractivity contribution in [3.05, 3.63) is 30.1 Å². The lowest BCUT2D eigenvalue weighted by molar-refractivity contribution is -0.122. The van der Waals surface area contributed by atoms with Crippen molar-refractivity contribution in [2.75, 3.05) is 20.1 Å². The third-order valence-electron chi connectivity index (χ3n) is 2.18. The van der Waals surface area contributed by atoms with E-state index in [1.54, 1.807) is 19.3 Å². The number of hydrogen-bond acceptors (Lipinski definition) is 4. The second-order valence-corrected chi connectivity index (χ2v) is 4.19. The van der Waals surface area contributed by atoms with Gasteiger partial charge in [-0.05, 0) is 25.6 Å². The van der Waals surface area contributed by atoms with Crippen LogP contribution in [-0.2, 0) is 11.3 Å². The van der Waals surface area contributed by atoms with Gasteiger partial charge in [0.15, 0.2) is 0 Å². The molecular formula is C12H19N3O2. The van der Waals surface area contributed by atoms with Crippen molar-refractivity contribution in [1.29, 1.82) is 0 Å². The van der Waals surface area contributed by atoms with Gasteiger partial charge >= 0.3 is 0 Å². The van der Waals surface area contributed by atoms with Gasteiger partial charge in [0.05, 0.1) is 12.6 Å². The van der Waals surface area contributed by atoms with Crippen molar-refractivity contribution in [2.24, 2.45) is 0 Å². The lowest BCUT2D eigenvalue weighted by Crippen LogP contribution is -2.38. The van der Waals surface area contributed by atoms with Gasteiger partial charge in [0, 0.05) is 25.5 Å². The van der Waals surface area contributed by atoms with Gasteiger partial charge in [-0.2, -0.15) is 0 Å². The van der Waals surface area contributed by atoms with Crippen LogP contribution in [0.1, 0.15) is 12.5 Å². The number of hydrogen-bond donors (Lipinski definition) is 2. The standard InChI is InChI=1S/C12H19N3O2/c1-10(16)6-14-12(17)9-15(2)8-11-4-3-5-13-7-11/h3-5,7,10,16H,6,8-9H2,1-2H3,(H,14,17)/t10-/m0/s1. The summed E-state index contributed by atoms with van der Waals surface area (Å²) in [5, 5.41) is 11.7. The summed E-state index contributed by atoms with van der Waals surface area (Å²) >= 11 is 0. The molecule has 0 fully saturated rings. The molecule has 0 aliphatic heterocycles. The number of rotatable bonds is 6. The van der Waals surface area contributed by atoms with E-state index in [9.17, 15) is 4.79 Å². The summed E-state index contributed by atoms with van der Waals surface area (Å²) in [4.78, 5) is 17.4. The predicted octanol–water partition coefficient (Wildman–Crippen LogP) is 0.0104. The van der Waals surface area contributed by atoms with Crippen LogP contribution in [-0.4, -0.2) is 47.1 Å². The van der Waals surface area contributed by atoms with E-state index < -0.39 is 6.10 Å². The number of carbonyl (C=O) groups excluding carboxylic acids is 1. The Morgan fingerprint density at radius 3 is 3.00 bits per heavy atom. The first kappa shape index (κ1) is 13.6. The van der Waals surface area contributed by atoms with Gasteiger partial charge in [0.1, 0.15) is 0 Å². The molecule has 0 radical (unpaired) electrons. The lowest BCUT2D eigenvalue weighted by atomic mass is 10.2. The third kappa shape index (κ3) is 5.99. The number of nitrogens with zero attached hydrogens (tertiary/aromatic N) is 2. The Bertz CT molecular complexity index is 341. The molecular weight excluding hydrogens is 218 g/mol. The topological polar surface area (TPSA) is 65.5 Å². The van der Waals surface area contributed by atoms with E-state index in [2.05, 4.69) is 10.3 Å². The quantitative estimate of drug-likeness (QED) is 0.731. The predicted molar refractivity (Wildman–Crippen MR) is 65.3 cm³/mol.